The molecule has 0 radical (unpaired) electrons. The lowest BCUT2D eigenvalue weighted by molar-refractivity contribution is 0.0699. The monoisotopic (exact) mass is 377 g/mol. The Labute approximate surface area is 160 Å². The topological polar surface area (TPSA) is 78.0 Å². The van der Waals surface area contributed by atoms with E-state index in [1.54, 1.807) is 6.07 Å². The molecule has 0 unspecified atom stereocenters. The normalized spacial score (nSPS) is 10.9. The van der Waals surface area contributed by atoms with E-state index in [2.05, 4.69) is 15.3 Å². The number of carboxylic acids is 1. The number of aromatic amines is 1. The van der Waals surface area contributed by atoms with Crippen LogP contribution in [0.1, 0.15) is 15.9 Å². The molecular weight excluding hydrogens is 362 g/mol. The molecular formula is C21H16ClN3O2. The third-order valence-corrected chi connectivity index (χ3v) is 4.60. The van der Waals surface area contributed by atoms with Crippen LogP contribution in [0.3, 0.4) is 0 Å². The summed E-state index contributed by atoms with van der Waals surface area (Å²) in [6.07, 6.45) is 0. The van der Waals surface area contributed by atoms with Gasteiger partial charge in [0.1, 0.15) is 5.52 Å². The van der Waals surface area contributed by atoms with Gasteiger partial charge in [0.2, 0.25) is 5.95 Å². The van der Waals surface area contributed by atoms with Crippen LogP contribution in [0, 0.1) is 6.92 Å². The van der Waals surface area contributed by atoms with Crippen molar-refractivity contribution in [3.8, 4) is 11.1 Å². The summed E-state index contributed by atoms with van der Waals surface area (Å²) >= 11 is 6.37. The number of fused-ring (bicyclic) bond motifs is 1. The van der Waals surface area contributed by atoms with E-state index in [9.17, 15) is 9.90 Å². The highest BCUT2D eigenvalue weighted by molar-refractivity contribution is 6.33. The molecule has 3 aromatic carbocycles. The van der Waals surface area contributed by atoms with Crippen molar-refractivity contribution in [2.75, 3.05) is 5.32 Å². The molecule has 0 aliphatic rings. The van der Waals surface area contributed by atoms with Crippen molar-refractivity contribution >= 4 is 40.2 Å². The molecule has 0 saturated carbocycles. The number of hydrogen-bond donors (Lipinski definition) is 3. The van der Waals surface area contributed by atoms with Gasteiger partial charge in [-0.2, -0.15) is 0 Å². The summed E-state index contributed by atoms with van der Waals surface area (Å²) in [6.45, 7) is 1.96. The molecule has 4 aromatic rings. The van der Waals surface area contributed by atoms with Gasteiger partial charge in [-0.15, -0.1) is 0 Å². The molecule has 4 rings (SSSR count). The SMILES string of the molecule is Cc1ccc(-c2cc(C(=O)O)c3nc(Nc4ccccc4)[nH]c3c2)c(Cl)c1. The van der Waals surface area contributed by atoms with Crippen LogP contribution in [0.2, 0.25) is 5.02 Å². The van der Waals surface area contributed by atoms with Gasteiger partial charge in [-0.25, -0.2) is 9.78 Å². The van der Waals surface area contributed by atoms with Gasteiger partial charge in [0.25, 0.3) is 0 Å². The molecule has 5 nitrogen and oxygen atoms in total. The summed E-state index contributed by atoms with van der Waals surface area (Å²) < 4.78 is 0. The lowest BCUT2D eigenvalue weighted by Gasteiger charge is -2.07. The van der Waals surface area contributed by atoms with E-state index < -0.39 is 5.97 Å². The number of carboxylic acid groups (broad SMARTS) is 1. The van der Waals surface area contributed by atoms with Crippen molar-refractivity contribution in [2.45, 2.75) is 6.92 Å². The summed E-state index contributed by atoms with van der Waals surface area (Å²) in [4.78, 5) is 19.4. The van der Waals surface area contributed by atoms with Crippen LogP contribution >= 0.6 is 11.6 Å². The number of rotatable bonds is 4. The predicted octanol–water partition coefficient (Wildman–Crippen LogP) is 5.63. The summed E-state index contributed by atoms with van der Waals surface area (Å²) in [5.41, 5.74) is 4.54. The lowest BCUT2D eigenvalue weighted by atomic mass is 10.0. The van der Waals surface area contributed by atoms with Crippen LogP contribution in [0.25, 0.3) is 22.2 Å². The van der Waals surface area contributed by atoms with Crippen molar-refractivity contribution in [3.63, 3.8) is 0 Å². The Morgan fingerprint density at radius 2 is 1.89 bits per heavy atom. The predicted molar refractivity (Wildman–Crippen MR) is 108 cm³/mol. The zero-order valence-corrected chi connectivity index (χ0v) is 15.2. The van der Waals surface area contributed by atoms with Gasteiger partial charge in [-0.1, -0.05) is 41.9 Å². The Bertz CT molecular complexity index is 1150. The van der Waals surface area contributed by atoms with E-state index in [1.807, 2.05) is 61.5 Å². The second-order valence-electron chi connectivity index (χ2n) is 6.28. The van der Waals surface area contributed by atoms with Crippen LogP contribution in [0.5, 0.6) is 0 Å². The molecule has 0 fully saturated rings. The van der Waals surface area contributed by atoms with E-state index in [4.69, 9.17) is 11.6 Å². The van der Waals surface area contributed by atoms with E-state index in [1.165, 1.54) is 0 Å². The molecule has 27 heavy (non-hydrogen) atoms. The Balaban J connectivity index is 1.84. The number of para-hydroxylation sites is 1. The van der Waals surface area contributed by atoms with Crippen molar-refractivity contribution in [3.05, 3.63) is 76.8 Å². The number of aryl methyl sites for hydroxylation is 1. The summed E-state index contributed by atoms with van der Waals surface area (Å²) in [7, 11) is 0. The lowest BCUT2D eigenvalue weighted by Crippen LogP contribution is -1.98. The number of H-pyrrole nitrogens is 1. The first-order valence-corrected chi connectivity index (χ1v) is 8.75. The summed E-state index contributed by atoms with van der Waals surface area (Å²) in [6, 6.07) is 18.7. The van der Waals surface area contributed by atoms with Crippen molar-refractivity contribution in [2.24, 2.45) is 0 Å². The zero-order chi connectivity index (χ0) is 19.0. The smallest absolute Gasteiger partial charge is 0.338 e. The Kier molecular flexibility index (Phi) is 4.30. The third kappa shape index (κ3) is 3.37. The van der Waals surface area contributed by atoms with Gasteiger partial charge < -0.3 is 15.4 Å². The molecule has 0 aliphatic heterocycles. The van der Waals surface area contributed by atoms with Gasteiger partial charge in [-0.3, -0.25) is 0 Å². The summed E-state index contributed by atoms with van der Waals surface area (Å²) in [5, 5.41) is 13.4. The first kappa shape index (κ1) is 17.1. The van der Waals surface area contributed by atoms with Crippen LogP contribution in [-0.2, 0) is 0 Å². The Hall–Kier alpha value is -3.31. The maximum Gasteiger partial charge on any atom is 0.338 e. The molecule has 0 aliphatic carbocycles. The number of imidazole rings is 1. The zero-order valence-electron chi connectivity index (χ0n) is 14.5. The number of carbonyl (C=O) groups is 1. The van der Waals surface area contributed by atoms with Crippen LogP contribution in [0.4, 0.5) is 11.6 Å². The van der Waals surface area contributed by atoms with E-state index in [0.717, 1.165) is 22.4 Å². The average Bonchev–Trinajstić information content (AvgIpc) is 3.03. The van der Waals surface area contributed by atoms with E-state index in [-0.39, 0.29) is 5.56 Å². The van der Waals surface area contributed by atoms with Crippen LogP contribution in [-0.4, -0.2) is 21.0 Å². The molecule has 6 heteroatoms. The fourth-order valence-corrected chi connectivity index (χ4v) is 3.35. The highest BCUT2D eigenvalue weighted by atomic mass is 35.5. The second-order valence-corrected chi connectivity index (χ2v) is 6.69. The minimum absolute atomic E-state index is 0.122. The van der Waals surface area contributed by atoms with Crippen LogP contribution < -0.4 is 5.32 Å². The minimum atomic E-state index is -1.04. The fraction of sp³-hybridized carbons (Fsp3) is 0.0476. The van der Waals surface area contributed by atoms with Crippen molar-refractivity contribution in [1.29, 1.82) is 0 Å². The molecule has 0 bridgehead atoms. The molecule has 134 valence electrons. The molecule has 0 atom stereocenters. The van der Waals surface area contributed by atoms with E-state index in [0.29, 0.717) is 22.0 Å². The quantitative estimate of drug-likeness (QED) is 0.430. The molecule has 1 aromatic heterocycles. The average molecular weight is 378 g/mol. The number of nitrogens with zero attached hydrogens (tertiary/aromatic N) is 1. The van der Waals surface area contributed by atoms with Gasteiger partial charge in [0.15, 0.2) is 0 Å². The Morgan fingerprint density at radius 3 is 2.59 bits per heavy atom. The Morgan fingerprint density at radius 1 is 1.11 bits per heavy atom. The first-order chi connectivity index (χ1) is 13.0. The summed E-state index contributed by atoms with van der Waals surface area (Å²) in [5.74, 6) is -0.561. The van der Waals surface area contributed by atoms with E-state index >= 15 is 0 Å². The fourth-order valence-electron chi connectivity index (χ4n) is 3.01. The van der Waals surface area contributed by atoms with Gasteiger partial charge >= 0.3 is 5.97 Å². The highest BCUT2D eigenvalue weighted by Gasteiger charge is 2.17. The largest absolute Gasteiger partial charge is 0.478 e. The molecule has 3 N–H and O–H groups in total. The molecule has 0 spiro atoms. The number of benzene rings is 3. The first-order valence-electron chi connectivity index (χ1n) is 8.37. The van der Waals surface area contributed by atoms with Crippen molar-refractivity contribution in [1.82, 2.24) is 9.97 Å². The number of anilines is 2. The standard InChI is InChI=1S/C21H16ClN3O2/c1-12-7-8-15(17(22)9-12)13-10-16(20(26)27)19-18(11-13)24-21(25-19)23-14-5-3-2-4-6-14/h2-11H,1H3,(H,26,27)(H2,23,24,25). The van der Waals surface area contributed by atoms with Gasteiger partial charge in [-0.05, 0) is 48.4 Å². The molecule has 0 amide bonds. The number of halogens is 1. The third-order valence-electron chi connectivity index (χ3n) is 4.29. The molecule has 0 saturated heterocycles. The minimum Gasteiger partial charge on any atom is -0.478 e. The number of aromatic nitrogens is 2. The highest BCUT2D eigenvalue weighted by Crippen LogP contribution is 2.33. The maximum absolute atomic E-state index is 11.8. The molecule has 1 heterocycles. The van der Waals surface area contributed by atoms with Crippen molar-refractivity contribution < 1.29 is 9.90 Å². The number of nitrogens with one attached hydrogen (secondary N) is 2. The van der Waals surface area contributed by atoms with Gasteiger partial charge in [0, 0.05) is 16.3 Å². The number of aromatic carboxylic acids is 1. The van der Waals surface area contributed by atoms with Crippen LogP contribution in [0.15, 0.2) is 60.7 Å². The maximum atomic E-state index is 11.8. The van der Waals surface area contributed by atoms with Gasteiger partial charge in [0.05, 0.1) is 11.1 Å². The number of hydrogen-bond acceptors (Lipinski definition) is 3. The second kappa shape index (κ2) is 6.78.